The Bertz CT molecular complexity index is 1310. The second kappa shape index (κ2) is 10.4. The van der Waals surface area contributed by atoms with E-state index in [9.17, 15) is 0 Å². The number of hydrogen-bond acceptors (Lipinski definition) is 4. The van der Waals surface area contributed by atoms with Crippen molar-refractivity contribution in [3.63, 3.8) is 0 Å². The van der Waals surface area contributed by atoms with Gasteiger partial charge in [0, 0.05) is 0 Å². The molecule has 0 bridgehead atoms. The fraction of sp³-hybridized carbons (Fsp3) is 0.250. The molecule has 2 aromatic carbocycles. The minimum Gasteiger partial charge on any atom is -0.280 e. The lowest BCUT2D eigenvalue weighted by atomic mass is 9.87. The van der Waals surface area contributed by atoms with Gasteiger partial charge in [-0.3, -0.25) is 4.99 Å². The standard InChI is InChI=1S/C32H34N4/c1-31(2,3)23-7-9-24(10-8-23)33-25-11-13-26(14-12-25)34-27-15-17-28(18-16-27)35-29-19-21-30(22-20-29)36-32(4,5)6/h7-22H,1-6H3. The van der Waals surface area contributed by atoms with Gasteiger partial charge in [0.1, 0.15) is 0 Å². The molecule has 0 aromatic heterocycles. The number of benzene rings is 2. The minimum atomic E-state index is -0.0918. The second-order valence-electron chi connectivity index (χ2n) is 11.0. The number of aliphatic imine (C=N–C) groups is 4. The van der Waals surface area contributed by atoms with Crippen LogP contribution in [0.1, 0.15) is 47.1 Å². The Morgan fingerprint density at radius 2 is 0.722 bits per heavy atom. The molecule has 0 spiro atoms. The number of hydrogen-bond donors (Lipinski definition) is 0. The molecule has 4 rings (SSSR count). The van der Waals surface area contributed by atoms with Crippen molar-refractivity contribution >= 4 is 39.9 Å². The van der Waals surface area contributed by atoms with E-state index in [1.54, 1.807) is 0 Å². The van der Waals surface area contributed by atoms with Crippen molar-refractivity contribution in [3.8, 4) is 0 Å². The van der Waals surface area contributed by atoms with Crippen LogP contribution >= 0.6 is 0 Å². The maximum absolute atomic E-state index is 4.73. The van der Waals surface area contributed by atoms with Gasteiger partial charge in [-0.15, -0.1) is 0 Å². The van der Waals surface area contributed by atoms with Crippen LogP contribution in [0.25, 0.3) is 0 Å². The minimum absolute atomic E-state index is 0.0918. The third kappa shape index (κ3) is 7.29. The van der Waals surface area contributed by atoms with Gasteiger partial charge >= 0.3 is 0 Å². The quantitative estimate of drug-likeness (QED) is 0.401. The molecule has 0 unspecified atom stereocenters. The topological polar surface area (TPSA) is 49.4 Å². The van der Waals surface area contributed by atoms with Gasteiger partial charge in [-0.2, -0.15) is 0 Å². The zero-order valence-electron chi connectivity index (χ0n) is 22.0. The van der Waals surface area contributed by atoms with Crippen molar-refractivity contribution in [2.75, 3.05) is 0 Å². The lowest BCUT2D eigenvalue weighted by molar-refractivity contribution is 0.585. The van der Waals surface area contributed by atoms with Gasteiger partial charge in [0.2, 0.25) is 0 Å². The Kier molecular flexibility index (Phi) is 7.25. The van der Waals surface area contributed by atoms with E-state index in [0.717, 1.165) is 39.9 Å². The van der Waals surface area contributed by atoms with Gasteiger partial charge in [0.05, 0.1) is 45.4 Å². The monoisotopic (exact) mass is 474 g/mol. The maximum Gasteiger partial charge on any atom is 0.0638 e. The van der Waals surface area contributed by atoms with E-state index in [4.69, 9.17) is 15.0 Å². The van der Waals surface area contributed by atoms with E-state index in [0.29, 0.717) is 0 Å². The molecular formula is C32H34N4. The molecule has 2 aromatic rings. The fourth-order valence-electron chi connectivity index (χ4n) is 3.68. The summed E-state index contributed by atoms with van der Waals surface area (Å²) in [7, 11) is 0. The first-order valence-electron chi connectivity index (χ1n) is 12.3. The van der Waals surface area contributed by atoms with Crippen LogP contribution in [-0.4, -0.2) is 28.4 Å². The first-order chi connectivity index (χ1) is 17.0. The Labute approximate surface area is 215 Å². The molecule has 4 heteroatoms. The van der Waals surface area contributed by atoms with Crippen molar-refractivity contribution in [1.29, 1.82) is 0 Å². The van der Waals surface area contributed by atoms with Crippen molar-refractivity contribution in [3.05, 3.63) is 103 Å². The van der Waals surface area contributed by atoms with Crippen LogP contribution in [0.4, 0.5) is 17.1 Å². The Hall–Kier alpha value is -3.92. The molecule has 0 heterocycles. The summed E-state index contributed by atoms with van der Waals surface area (Å²) in [5.41, 5.74) is 7.75. The lowest BCUT2D eigenvalue weighted by Crippen LogP contribution is -2.13. The van der Waals surface area contributed by atoms with E-state index in [2.05, 4.69) is 70.8 Å². The normalized spacial score (nSPS) is 15.4. The molecule has 0 atom stereocenters. The van der Waals surface area contributed by atoms with Crippen molar-refractivity contribution < 1.29 is 0 Å². The van der Waals surface area contributed by atoms with Gasteiger partial charge in [0.25, 0.3) is 0 Å². The largest absolute Gasteiger partial charge is 0.280 e. The van der Waals surface area contributed by atoms with Crippen LogP contribution in [0.2, 0.25) is 0 Å². The van der Waals surface area contributed by atoms with Crippen LogP contribution in [0.5, 0.6) is 0 Å². The van der Waals surface area contributed by atoms with Gasteiger partial charge in [-0.25, -0.2) is 15.0 Å². The van der Waals surface area contributed by atoms with Crippen LogP contribution in [0.15, 0.2) is 117 Å². The number of nitrogens with zero attached hydrogens (tertiary/aromatic N) is 4. The molecule has 0 aliphatic heterocycles. The molecule has 0 saturated heterocycles. The van der Waals surface area contributed by atoms with E-state index in [1.165, 1.54) is 5.56 Å². The zero-order valence-corrected chi connectivity index (χ0v) is 22.0. The van der Waals surface area contributed by atoms with Crippen molar-refractivity contribution in [2.45, 2.75) is 52.5 Å². The second-order valence-corrected chi connectivity index (χ2v) is 11.0. The Morgan fingerprint density at radius 3 is 1.03 bits per heavy atom. The molecule has 0 fully saturated rings. The van der Waals surface area contributed by atoms with Crippen molar-refractivity contribution in [2.24, 2.45) is 20.0 Å². The highest BCUT2D eigenvalue weighted by molar-refractivity contribution is 6.20. The van der Waals surface area contributed by atoms with Crippen LogP contribution < -0.4 is 0 Å². The van der Waals surface area contributed by atoms with E-state index in [-0.39, 0.29) is 11.0 Å². The third-order valence-corrected chi connectivity index (χ3v) is 5.52. The summed E-state index contributed by atoms with van der Waals surface area (Å²) in [6.45, 7) is 12.9. The molecule has 182 valence electrons. The summed E-state index contributed by atoms with van der Waals surface area (Å²) in [5, 5.41) is 0. The highest BCUT2D eigenvalue weighted by Gasteiger charge is 2.13. The molecule has 0 saturated carbocycles. The average Bonchev–Trinajstić information content (AvgIpc) is 2.82. The summed E-state index contributed by atoms with van der Waals surface area (Å²) < 4.78 is 0. The molecule has 4 nitrogen and oxygen atoms in total. The highest BCUT2D eigenvalue weighted by atomic mass is 14.8. The van der Waals surface area contributed by atoms with Crippen LogP contribution in [-0.2, 0) is 5.41 Å². The van der Waals surface area contributed by atoms with Gasteiger partial charge in [0.15, 0.2) is 0 Å². The van der Waals surface area contributed by atoms with Gasteiger partial charge in [-0.05, 0) is 117 Å². The first-order valence-corrected chi connectivity index (χ1v) is 12.3. The van der Waals surface area contributed by atoms with Gasteiger partial charge in [-0.1, -0.05) is 32.9 Å². The molecule has 2 aliphatic carbocycles. The van der Waals surface area contributed by atoms with Crippen LogP contribution in [0.3, 0.4) is 0 Å². The SMILES string of the molecule is CC(C)(C)N=C1C=CC(=Nc2ccc(N=C3C=CC(=Nc4ccc(C(C)(C)C)cc4)C=C3)cc2)C=C1. The summed E-state index contributed by atoms with van der Waals surface area (Å²) >= 11 is 0. The first kappa shape index (κ1) is 25.2. The molecule has 2 aliphatic rings. The zero-order chi connectivity index (χ0) is 25.8. The summed E-state index contributed by atoms with van der Waals surface area (Å²) in [6, 6.07) is 16.4. The number of allylic oxidation sites excluding steroid dienone is 8. The smallest absolute Gasteiger partial charge is 0.0638 e. The van der Waals surface area contributed by atoms with E-state index in [1.807, 2.05) is 72.9 Å². The summed E-state index contributed by atoms with van der Waals surface area (Å²) in [5.74, 6) is 0. The number of rotatable bonds is 3. The summed E-state index contributed by atoms with van der Waals surface area (Å²) in [6.07, 6.45) is 16.0. The Morgan fingerprint density at radius 1 is 0.417 bits per heavy atom. The third-order valence-electron chi connectivity index (χ3n) is 5.52. The van der Waals surface area contributed by atoms with E-state index >= 15 is 0 Å². The van der Waals surface area contributed by atoms with Gasteiger partial charge < -0.3 is 0 Å². The van der Waals surface area contributed by atoms with Crippen molar-refractivity contribution in [1.82, 2.24) is 0 Å². The molecule has 36 heavy (non-hydrogen) atoms. The lowest BCUT2D eigenvalue weighted by Gasteiger charge is -2.18. The fourth-order valence-corrected chi connectivity index (χ4v) is 3.68. The summed E-state index contributed by atoms with van der Waals surface area (Å²) in [4.78, 5) is 18.8. The predicted molar refractivity (Wildman–Crippen MR) is 157 cm³/mol. The average molecular weight is 475 g/mol. The molecular weight excluding hydrogens is 440 g/mol. The predicted octanol–water partition coefficient (Wildman–Crippen LogP) is 8.39. The molecule has 0 radical (unpaired) electrons. The van der Waals surface area contributed by atoms with E-state index < -0.39 is 0 Å². The molecule has 0 N–H and O–H groups in total. The maximum atomic E-state index is 4.73. The Balaban J connectivity index is 1.39. The molecule has 0 amide bonds. The highest BCUT2D eigenvalue weighted by Crippen LogP contribution is 2.25. The van der Waals surface area contributed by atoms with Crippen LogP contribution in [0, 0.1) is 0 Å².